The van der Waals surface area contributed by atoms with E-state index in [2.05, 4.69) is 42.8 Å². The number of nitrogens with zero attached hydrogens (tertiary/aromatic N) is 1. The number of hydrogen-bond acceptors (Lipinski definition) is 0. The van der Waals surface area contributed by atoms with E-state index in [9.17, 15) is 0 Å². The number of fused-ring (bicyclic) bond motifs is 1. The number of aromatic nitrogens is 1. The average Bonchev–Trinajstić information content (AvgIpc) is 2.30. The fourth-order valence-electron chi connectivity index (χ4n) is 1.22. The van der Waals surface area contributed by atoms with Crippen LogP contribution in [0.3, 0.4) is 0 Å². The third kappa shape index (κ3) is 1.68. The Labute approximate surface area is 99.0 Å². The van der Waals surface area contributed by atoms with Crippen LogP contribution in [-0.2, 0) is 7.05 Å². The number of aryl methyl sites for hydroxylation is 2. The Balaban J connectivity index is 0.000000720. The van der Waals surface area contributed by atoms with Gasteiger partial charge in [0.05, 0.1) is 0 Å². The SMILES string of the molecule is Cc1[te]c2ccccc2[n+]1C.[I-]. The molecule has 1 aromatic carbocycles. The molecule has 12 heavy (non-hydrogen) atoms. The number of para-hydroxylation sites is 1. The maximum absolute atomic E-state index is 2.32. The molecule has 0 amide bonds. The van der Waals surface area contributed by atoms with Gasteiger partial charge in [-0.25, -0.2) is 0 Å². The zero-order valence-corrected chi connectivity index (χ0v) is 11.5. The monoisotopic (exact) mass is 389 g/mol. The summed E-state index contributed by atoms with van der Waals surface area (Å²) in [7, 11) is 2.16. The molecule has 1 aromatic heterocycles. The van der Waals surface area contributed by atoms with E-state index in [0.29, 0.717) is 0 Å². The first-order chi connectivity index (χ1) is 5.29. The maximum atomic E-state index is 2.32. The first-order valence-electron chi connectivity index (χ1n) is 3.63. The van der Waals surface area contributed by atoms with Gasteiger partial charge in [-0.15, -0.1) is 0 Å². The average molecular weight is 387 g/mol. The smallest absolute Gasteiger partial charge is 1.00 e. The van der Waals surface area contributed by atoms with Crippen molar-refractivity contribution in [2.75, 3.05) is 0 Å². The van der Waals surface area contributed by atoms with Gasteiger partial charge >= 0.3 is 75.9 Å². The molecule has 0 saturated heterocycles. The second kappa shape index (κ2) is 4.08. The van der Waals surface area contributed by atoms with E-state index in [4.69, 9.17) is 0 Å². The Kier molecular flexibility index (Phi) is 3.57. The number of halogens is 1. The summed E-state index contributed by atoms with van der Waals surface area (Å²) in [6, 6.07) is 8.71. The Hall–Kier alpha value is 0.410. The van der Waals surface area contributed by atoms with Crippen molar-refractivity contribution >= 4 is 29.3 Å². The van der Waals surface area contributed by atoms with E-state index in [1.54, 1.807) is 7.11 Å². The summed E-state index contributed by atoms with van der Waals surface area (Å²) in [5, 5.41) is 0. The van der Waals surface area contributed by atoms with Gasteiger partial charge in [0.2, 0.25) is 0 Å². The summed E-state index contributed by atoms with van der Waals surface area (Å²) in [5.41, 5.74) is 1.42. The van der Waals surface area contributed by atoms with Crippen LogP contribution in [0.25, 0.3) is 8.92 Å². The molecule has 0 aliphatic rings. The van der Waals surface area contributed by atoms with Crippen molar-refractivity contribution in [2.45, 2.75) is 6.92 Å². The van der Waals surface area contributed by atoms with Gasteiger partial charge in [-0.3, -0.25) is 0 Å². The fourth-order valence-corrected chi connectivity index (χ4v) is 4.10. The van der Waals surface area contributed by atoms with Crippen LogP contribution in [0.15, 0.2) is 24.3 Å². The molecule has 2 rings (SSSR count). The summed E-state index contributed by atoms with van der Waals surface area (Å²) in [6.07, 6.45) is 0. The van der Waals surface area contributed by atoms with Crippen LogP contribution in [-0.4, -0.2) is 20.4 Å². The first kappa shape index (κ1) is 10.5. The molecule has 1 nitrogen and oxygen atoms in total. The van der Waals surface area contributed by atoms with Crippen LogP contribution >= 0.6 is 0 Å². The van der Waals surface area contributed by atoms with Crippen molar-refractivity contribution in [1.29, 1.82) is 0 Å². The van der Waals surface area contributed by atoms with E-state index in [1.165, 1.54) is 5.52 Å². The molecule has 64 valence electrons. The van der Waals surface area contributed by atoms with E-state index in [-0.39, 0.29) is 44.4 Å². The molecule has 0 fully saturated rings. The minimum atomic E-state index is -0.0117. The fraction of sp³-hybridized carbons (Fsp3) is 0.222. The molecule has 0 radical (unpaired) electrons. The summed E-state index contributed by atoms with van der Waals surface area (Å²) >= 11 is -0.0117. The standard InChI is InChI=1S/C9H10NTe.HI/c1-7-10(2)8-5-3-4-6-9(8)11-7;/h3-6H,1-2H3;1H/q+1;/p-1. The van der Waals surface area contributed by atoms with Crippen LogP contribution in [0.2, 0.25) is 0 Å². The molecular formula is C9H10INTe. The third-order valence-corrected chi connectivity index (χ3v) is 5.19. The molecule has 3 heteroatoms. The first-order valence-corrected chi connectivity index (χ1v) is 5.96. The second-order valence-electron chi connectivity index (χ2n) is 2.65. The normalized spacial score (nSPS) is 9.83. The second-order valence-corrected chi connectivity index (χ2v) is 6.17. The van der Waals surface area contributed by atoms with E-state index in [1.807, 2.05) is 0 Å². The van der Waals surface area contributed by atoms with Crippen LogP contribution in [0, 0.1) is 6.92 Å². The van der Waals surface area contributed by atoms with Crippen LogP contribution < -0.4 is 28.5 Å². The van der Waals surface area contributed by atoms with Crippen LogP contribution in [0.1, 0.15) is 3.71 Å². The predicted octanol–water partition coefficient (Wildman–Crippen LogP) is -1.97. The minimum absolute atomic E-state index is 0. The molecule has 0 aliphatic heterocycles. The molecule has 0 spiro atoms. The van der Waals surface area contributed by atoms with Gasteiger partial charge in [0.15, 0.2) is 0 Å². The summed E-state index contributed by atoms with van der Waals surface area (Å²) in [5.74, 6) is 0. The molecule has 0 saturated carbocycles. The van der Waals surface area contributed by atoms with Crippen molar-refractivity contribution in [3.63, 3.8) is 0 Å². The Morgan fingerprint density at radius 1 is 1.25 bits per heavy atom. The van der Waals surface area contributed by atoms with Crippen molar-refractivity contribution in [3.05, 3.63) is 28.0 Å². The Morgan fingerprint density at radius 3 is 2.58 bits per heavy atom. The maximum Gasteiger partial charge on any atom is -1.00 e. The van der Waals surface area contributed by atoms with Gasteiger partial charge in [0.1, 0.15) is 0 Å². The zero-order chi connectivity index (χ0) is 7.84. The number of rotatable bonds is 0. The van der Waals surface area contributed by atoms with Crippen molar-refractivity contribution in [3.8, 4) is 0 Å². The number of hydrogen-bond donors (Lipinski definition) is 0. The molecule has 0 atom stereocenters. The van der Waals surface area contributed by atoms with Gasteiger partial charge in [0, 0.05) is 0 Å². The number of benzene rings is 1. The Bertz CT molecular complexity index is 394. The summed E-state index contributed by atoms with van der Waals surface area (Å²) < 4.78 is 5.46. The molecular weight excluding hydrogens is 377 g/mol. The molecule has 1 heterocycles. The van der Waals surface area contributed by atoms with Crippen LogP contribution in [0.4, 0.5) is 0 Å². The molecule has 2 aromatic rings. The Morgan fingerprint density at radius 2 is 1.92 bits per heavy atom. The third-order valence-electron chi connectivity index (χ3n) is 1.96. The zero-order valence-electron chi connectivity index (χ0n) is 7.04. The summed E-state index contributed by atoms with van der Waals surface area (Å²) in [6.45, 7) is 2.24. The van der Waals surface area contributed by atoms with E-state index >= 15 is 0 Å². The topological polar surface area (TPSA) is 3.88 Å². The van der Waals surface area contributed by atoms with Gasteiger partial charge in [0.25, 0.3) is 0 Å². The summed E-state index contributed by atoms with van der Waals surface area (Å²) in [4.78, 5) is 0. The van der Waals surface area contributed by atoms with Crippen molar-refractivity contribution < 1.29 is 28.5 Å². The van der Waals surface area contributed by atoms with Crippen molar-refractivity contribution in [1.82, 2.24) is 0 Å². The van der Waals surface area contributed by atoms with Gasteiger partial charge in [-0.05, 0) is 0 Å². The van der Waals surface area contributed by atoms with Crippen molar-refractivity contribution in [2.24, 2.45) is 7.05 Å². The van der Waals surface area contributed by atoms with Gasteiger partial charge < -0.3 is 24.0 Å². The van der Waals surface area contributed by atoms with Gasteiger partial charge in [-0.1, -0.05) is 0 Å². The van der Waals surface area contributed by atoms with Crippen LogP contribution in [0.5, 0.6) is 0 Å². The molecule has 0 aliphatic carbocycles. The molecule has 0 N–H and O–H groups in total. The van der Waals surface area contributed by atoms with Gasteiger partial charge in [-0.2, -0.15) is 0 Å². The van der Waals surface area contributed by atoms with E-state index in [0.717, 1.165) is 0 Å². The molecule has 0 bridgehead atoms. The molecule has 0 unspecified atom stereocenters. The predicted molar refractivity (Wildman–Crippen MR) is 46.8 cm³/mol. The quantitative estimate of drug-likeness (QED) is 0.281. The van der Waals surface area contributed by atoms with E-state index < -0.39 is 0 Å². The largest absolute Gasteiger partial charge is 1.00 e. The minimum Gasteiger partial charge on any atom is -1.00 e.